The highest BCUT2D eigenvalue weighted by atomic mass is 14.2. The Labute approximate surface area is 150 Å². The molecule has 1 nitrogen and oxygen atoms in total. The van der Waals surface area contributed by atoms with Crippen LogP contribution in [-0.2, 0) is 6.42 Å². The molecule has 0 aliphatic carbocycles. The maximum atomic E-state index is 9.18. The Kier molecular flexibility index (Phi) is 5.65. The van der Waals surface area contributed by atoms with E-state index in [-0.39, 0.29) is 0 Å². The largest absolute Gasteiger partial charge is 0.192 e. The molecule has 0 fully saturated rings. The molecule has 0 unspecified atom stereocenters. The van der Waals surface area contributed by atoms with Crippen LogP contribution >= 0.6 is 0 Å². The number of nitriles is 1. The Morgan fingerprint density at radius 1 is 0.760 bits per heavy atom. The lowest BCUT2D eigenvalue weighted by molar-refractivity contribution is 0.717. The molecule has 3 aromatic carbocycles. The lowest BCUT2D eigenvalue weighted by Gasteiger charge is -2.12. The summed E-state index contributed by atoms with van der Waals surface area (Å²) in [5.41, 5.74) is 6.81. The second-order valence-electron chi connectivity index (χ2n) is 6.40. The van der Waals surface area contributed by atoms with Crippen LogP contribution in [0.5, 0.6) is 0 Å². The van der Waals surface area contributed by atoms with E-state index in [4.69, 9.17) is 0 Å². The van der Waals surface area contributed by atoms with Gasteiger partial charge in [0, 0.05) is 0 Å². The molecular formula is C24H23N. The van der Waals surface area contributed by atoms with Crippen LogP contribution in [0.3, 0.4) is 0 Å². The molecule has 0 saturated carbocycles. The number of hydrogen-bond acceptors (Lipinski definition) is 1. The van der Waals surface area contributed by atoms with Gasteiger partial charge in [0.05, 0.1) is 11.6 Å². The molecule has 0 aliphatic rings. The van der Waals surface area contributed by atoms with Crippen LogP contribution in [-0.4, -0.2) is 0 Å². The van der Waals surface area contributed by atoms with Crippen LogP contribution < -0.4 is 0 Å². The molecule has 0 N–H and O–H groups in total. The van der Waals surface area contributed by atoms with E-state index < -0.39 is 0 Å². The fourth-order valence-corrected chi connectivity index (χ4v) is 3.22. The summed E-state index contributed by atoms with van der Waals surface area (Å²) < 4.78 is 0. The van der Waals surface area contributed by atoms with Gasteiger partial charge in [-0.3, -0.25) is 0 Å². The van der Waals surface area contributed by atoms with Crippen molar-refractivity contribution < 1.29 is 0 Å². The van der Waals surface area contributed by atoms with Crippen molar-refractivity contribution in [2.45, 2.75) is 32.6 Å². The first kappa shape index (κ1) is 17.0. The maximum Gasteiger partial charge on any atom is 0.0991 e. The molecule has 0 amide bonds. The Morgan fingerprint density at radius 2 is 1.44 bits per heavy atom. The maximum absolute atomic E-state index is 9.18. The minimum atomic E-state index is 0.695. The zero-order chi connectivity index (χ0) is 17.5. The predicted molar refractivity (Wildman–Crippen MR) is 105 cm³/mol. The van der Waals surface area contributed by atoms with Crippen LogP contribution in [0.15, 0.2) is 72.8 Å². The van der Waals surface area contributed by atoms with Gasteiger partial charge in [-0.2, -0.15) is 5.26 Å². The molecular weight excluding hydrogens is 302 g/mol. The first-order valence-electron chi connectivity index (χ1n) is 9.00. The molecule has 1 heteroatoms. The third-order valence-corrected chi connectivity index (χ3v) is 4.54. The number of nitrogens with zero attached hydrogens (tertiary/aromatic N) is 1. The monoisotopic (exact) mass is 325 g/mol. The Balaban J connectivity index is 1.98. The first-order valence-corrected chi connectivity index (χ1v) is 9.00. The Hall–Kier alpha value is -2.85. The normalized spacial score (nSPS) is 10.4. The third kappa shape index (κ3) is 4.17. The first-order chi connectivity index (χ1) is 12.3. The summed E-state index contributed by atoms with van der Waals surface area (Å²) in [6.45, 7) is 2.24. The summed E-state index contributed by atoms with van der Waals surface area (Å²) in [5, 5.41) is 9.18. The zero-order valence-corrected chi connectivity index (χ0v) is 14.7. The van der Waals surface area contributed by atoms with Gasteiger partial charge in [-0.05, 0) is 52.8 Å². The van der Waals surface area contributed by atoms with E-state index in [9.17, 15) is 5.26 Å². The molecule has 0 saturated heterocycles. The topological polar surface area (TPSA) is 23.8 Å². The fraction of sp³-hybridized carbons (Fsp3) is 0.208. The molecule has 0 atom stereocenters. The van der Waals surface area contributed by atoms with Crippen LogP contribution in [0.2, 0.25) is 0 Å². The number of benzene rings is 3. The third-order valence-electron chi connectivity index (χ3n) is 4.54. The Morgan fingerprint density at radius 3 is 2.12 bits per heavy atom. The second-order valence-corrected chi connectivity index (χ2v) is 6.40. The molecule has 0 bridgehead atoms. The van der Waals surface area contributed by atoms with Gasteiger partial charge in [0.1, 0.15) is 0 Å². The minimum absolute atomic E-state index is 0.695. The van der Waals surface area contributed by atoms with Gasteiger partial charge in [-0.25, -0.2) is 0 Å². The molecule has 3 rings (SSSR count). The molecule has 3 aromatic rings. The van der Waals surface area contributed by atoms with Gasteiger partial charge >= 0.3 is 0 Å². The number of aryl methyl sites for hydroxylation is 1. The molecule has 0 aromatic heterocycles. The lowest BCUT2D eigenvalue weighted by Crippen LogP contribution is -1.89. The smallest absolute Gasteiger partial charge is 0.0991 e. The molecule has 124 valence electrons. The SMILES string of the molecule is CCCCCc1cccc(-c2ccccc2-c2cccc(C#N)c2)c1. The fourth-order valence-electron chi connectivity index (χ4n) is 3.22. The minimum Gasteiger partial charge on any atom is -0.192 e. The average Bonchev–Trinajstić information content (AvgIpc) is 2.68. The highest BCUT2D eigenvalue weighted by Crippen LogP contribution is 2.32. The summed E-state index contributed by atoms with van der Waals surface area (Å²) in [7, 11) is 0. The molecule has 0 radical (unpaired) electrons. The van der Waals surface area contributed by atoms with Gasteiger partial charge in [0.25, 0.3) is 0 Å². The number of rotatable bonds is 6. The highest BCUT2D eigenvalue weighted by molar-refractivity contribution is 5.84. The van der Waals surface area contributed by atoms with Gasteiger partial charge < -0.3 is 0 Å². The lowest BCUT2D eigenvalue weighted by atomic mass is 9.92. The van der Waals surface area contributed by atoms with E-state index in [1.807, 2.05) is 18.2 Å². The van der Waals surface area contributed by atoms with E-state index in [0.29, 0.717) is 5.56 Å². The molecule has 0 aliphatic heterocycles. The molecule has 25 heavy (non-hydrogen) atoms. The van der Waals surface area contributed by atoms with Gasteiger partial charge in [-0.15, -0.1) is 0 Å². The van der Waals surface area contributed by atoms with Crippen LogP contribution in [0.1, 0.15) is 37.3 Å². The van der Waals surface area contributed by atoms with E-state index in [0.717, 1.165) is 12.0 Å². The number of hydrogen-bond donors (Lipinski definition) is 0. The summed E-state index contributed by atoms with van der Waals surface area (Å²) >= 11 is 0. The van der Waals surface area contributed by atoms with Crippen LogP contribution in [0, 0.1) is 11.3 Å². The quantitative estimate of drug-likeness (QED) is 0.467. The van der Waals surface area contributed by atoms with Crippen molar-refractivity contribution in [1.29, 1.82) is 5.26 Å². The van der Waals surface area contributed by atoms with E-state index in [2.05, 4.69) is 67.6 Å². The average molecular weight is 325 g/mol. The van der Waals surface area contributed by atoms with Crippen molar-refractivity contribution in [2.24, 2.45) is 0 Å². The van der Waals surface area contributed by atoms with Gasteiger partial charge in [-0.1, -0.05) is 80.4 Å². The highest BCUT2D eigenvalue weighted by Gasteiger charge is 2.08. The zero-order valence-electron chi connectivity index (χ0n) is 14.7. The number of unbranched alkanes of at least 4 members (excludes halogenated alkanes) is 2. The summed E-state index contributed by atoms with van der Waals surface area (Å²) in [6.07, 6.45) is 4.90. The van der Waals surface area contributed by atoms with Crippen molar-refractivity contribution in [2.75, 3.05) is 0 Å². The van der Waals surface area contributed by atoms with E-state index >= 15 is 0 Å². The predicted octanol–water partition coefficient (Wildman–Crippen LogP) is 6.62. The second kappa shape index (κ2) is 8.31. The van der Waals surface area contributed by atoms with E-state index in [1.54, 1.807) is 0 Å². The summed E-state index contributed by atoms with van der Waals surface area (Å²) in [4.78, 5) is 0. The summed E-state index contributed by atoms with van der Waals surface area (Å²) in [5.74, 6) is 0. The van der Waals surface area contributed by atoms with Crippen molar-refractivity contribution in [3.63, 3.8) is 0 Å². The van der Waals surface area contributed by atoms with Crippen molar-refractivity contribution in [3.8, 4) is 28.3 Å². The summed E-state index contributed by atoms with van der Waals surface area (Å²) in [6, 6.07) is 27.4. The standard InChI is InChI=1S/C24H23N/c1-2-3-4-9-19-10-7-12-21(16-19)23-14-5-6-15-24(23)22-13-8-11-20(17-22)18-25/h5-8,10-17H,2-4,9H2,1H3. The van der Waals surface area contributed by atoms with Crippen LogP contribution in [0.4, 0.5) is 0 Å². The molecule has 0 spiro atoms. The van der Waals surface area contributed by atoms with Crippen LogP contribution in [0.25, 0.3) is 22.3 Å². The van der Waals surface area contributed by atoms with Crippen molar-refractivity contribution >= 4 is 0 Å². The van der Waals surface area contributed by atoms with E-state index in [1.165, 1.54) is 41.5 Å². The van der Waals surface area contributed by atoms with Gasteiger partial charge in [0.2, 0.25) is 0 Å². The Bertz CT molecular complexity index is 886. The van der Waals surface area contributed by atoms with Crippen molar-refractivity contribution in [1.82, 2.24) is 0 Å². The van der Waals surface area contributed by atoms with Gasteiger partial charge in [0.15, 0.2) is 0 Å². The molecule has 0 heterocycles. The van der Waals surface area contributed by atoms with Crippen molar-refractivity contribution in [3.05, 3.63) is 83.9 Å².